The Morgan fingerprint density at radius 3 is 2.81 bits per heavy atom. The summed E-state index contributed by atoms with van der Waals surface area (Å²) in [6, 6.07) is 5.84. The number of aryl methyl sites for hydroxylation is 1. The third-order valence-electron chi connectivity index (χ3n) is 5.12. The molecule has 1 aliphatic heterocycles. The number of nitrogens with one attached hydrogen (secondary N) is 1. The van der Waals surface area contributed by atoms with E-state index in [4.69, 9.17) is 4.74 Å². The van der Waals surface area contributed by atoms with Crippen LogP contribution in [0.2, 0.25) is 0 Å². The number of piperidine rings is 1. The number of ether oxygens (including phenoxy) is 1. The predicted octanol–water partition coefficient (Wildman–Crippen LogP) is 1.92. The van der Waals surface area contributed by atoms with Crippen molar-refractivity contribution in [3.63, 3.8) is 0 Å². The predicted molar refractivity (Wildman–Crippen MR) is 103 cm³/mol. The second kappa shape index (κ2) is 9.62. The van der Waals surface area contributed by atoms with Crippen molar-refractivity contribution in [3.05, 3.63) is 48.0 Å². The van der Waals surface area contributed by atoms with Gasteiger partial charge in [0.1, 0.15) is 0 Å². The molecule has 0 aliphatic carbocycles. The highest BCUT2D eigenvalue weighted by molar-refractivity contribution is 5.76. The zero-order valence-electron chi connectivity index (χ0n) is 16.2. The van der Waals surface area contributed by atoms with Crippen molar-refractivity contribution in [1.82, 2.24) is 25.0 Å². The standard InChI is InChI=1S/C20H29N5O2/c1-24-14-16(13-22-24)15-25-10-6-17(7-11-25)20(18-5-3-4-9-21-18)23-19(26)8-12-27-2/h3-5,9,13-14,17,20H,6-8,10-12,15H2,1-2H3,(H,23,26). The molecule has 0 radical (unpaired) electrons. The number of aromatic nitrogens is 3. The Morgan fingerprint density at radius 2 is 2.19 bits per heavy atom. The average molecular weight is 371 g/mol. The van der Waals surface area contributed by atoms with Crippen molar-refractivity contribution >= 4 is 5.91 Å². The Morgan fingerprint density at radius 1 is 1.37 bits per heavy atom. The lowest BCUT2D eigenvalue weighted by Gasteiger charge is -2.36. The highest BCUT2D eigenvalue weighted by Gasteiger charge is 2.29. The molecule has 2 aromatic heterocycles. The highest BCUT2D eigenvalue weighted by Crippen LogP contribution is 2.30. The molecule has 1 unspecified atom stereocenters. The van der Waals surface area contributed by atoms with Gasteiger partial charge in [-0.2, -0.15) is 5.10 Å². The summed E-state index contributed by atoms with van der Waals surface area (Å²) in [6.07, 6.45) is 8.23. The molecule has 0 spiro atoms. The number of hydrogen-bond acceptors (Lipinski definition) is 5. The van der Waals surface area contributed by atoms with E-state index in [1.165, 1.54) is 5.56 Å². The quantitative estimate of drug-likeness (QED) is 0.768. The summed E-state index contributed by atoms with van der Waals surface area (Å²) in [5.41, 5.74) is 2.18. The Labute approximate surface area is 160 Å². The van der Waals surface area contributed by atoms with E-state index in [-0.39, 0.29) is 11.9 Å². The molecule has 2 aromatic rings. The molecule has 1 fully saturated rings. The molecule has 3 heterocycles. The number of nitrogens with zero attached hydrogens (tertiary/aromatic N) is 4. The van der Waals surface area contributed by atoms with E-state index in [0.29, 0.717) is 18.9 Å². The molecule has 27 heavy (non-hydrogen) atoms. The van der Waals surface area contributed by atoms with Crippen LogP contribution in [0.4, 0.5) is 0 Å². The fraction of sp³-hybridized carbons (Fsp3) is 0.550. The first-order valence-electron chi connectivity index (χ1n) is 9.55. The summed E-state index contributed by atoms with van der Waals surface area (Å²) in [5.74, 6) is 0.404. The van der Waals surface area contributed by atoms with E-state index in [1.807, 2.05) is 36.1 Å². The minimum atomic E-state index is -0.0453. The van der Waals surface area contributed by atoms with Gasteiger partial charge in [-0.25, -0.2) is 0 Å². The molecular weight excluding hydrogens is 342 g/mol. The zero-order valence-corrected chi connectivity index (χ0v) is 16.2. The van der Waals surface area contributed by atoms with Gasteiger partial charge in [-0.3, -0.25) is 19.4 Å². The molecule has 0 saturated carbocycles. The third-order valence-corrected chi connectivity index (χ3v) is 5.12. The fourth-order valence-corrected chi connectivity index (χ4v) is 3.69. The number of hydrogen-bond donors (Lipinski definition) is 1. The summed E-state index contributed by atoms with van der Waals surface area (Å²) < 4.78 is 6.87. The van der Waals surface area contributed by atoms with Gasteiger partial charge in [0.2, 0.25) is 5.91 Å². The Hall–Kier alpha value is -2.25. The minimum Gasteiger partial charge on any atom is -0.384 e. The smallest absolute Gasteiger partial charge is 0.222 e. The number of amides is 1. The first kappa shape index (κ1) is 19.5. The molecule has 0 bridgehead atoms. The topological polar surface area (TPSA) is 72.3 Å². The van der Waals surface area contributed by atoms with E-state index in [2.05, 4.69) is 26.5 Å². The minimum absolute atomic E-state index is 0.0188. The number of rotatable bonds is 8. The Balaban J connectivity index is 1.60. The van der Waals surface area contributed by atoms with Crippen molar-refractivity contribution < 1.29 is 9.53 Å². The van der Waals surface area contributed by atoms with Crippen LogP contribution in [-0.4, -0.2) is 52.4 Å². The second-order valence-electron chi connectivity index (χ2n) is 7.18. The third kappa shape index (κ3) is 5.61. The summed E-state index contributed by atoms with van der Waals surface area (Å²) in [6.45, 7) is 3.38. The van der Waals surface area contributed by atoms with Gasteiger partial charge in [-0.1, -0.05) is 6.07 Å². The maximum atomic E-state index is 12.3. The summed E-state index contributed by atoms with van der Waals surface area (Å²) in [5, 5.41) is 7.44. The molecule has 1 aliphatic rings. The van der Waals surface area contributed by atoms with Crippen LogP contribution in [0, 0.1) is 5.92 Å². The van der Waals surface area contributed by atoms with Crippen LogP contribution < -0.4 is 5.32 Å². The van der Waals surface area contributed by atoms with E-state index in [9.17, 15) is 4.79 Å². The Kier molecular flexibility index (Phi) is 6.95. The van der Waals surface area contributed by atoms with Crippen molar-refractivity contribution in [2.75, 3.05) is 26.8 Å². The van der Waals surface area contributed by atoms with Gasteiger partial charge >= 0.3 is 0 Å². The number of carbonyl (C=O) groups excluding carboxylic acids is 1. The van der Waals surface area contributed by atoms with Gasteiger partial charge in [-0.15, -0.1) is 0 Å². The van der Waals surface area contributed by atoms with Crippen LogP contribution >= 0.6 is 0 Å². The lowest BCUT2D eigenvalue weighted by Crippen LogP contribution is -2.41. The molecule has 1 atom stereocenters. The van der Waals surface area contributed by atoms with Gasteiger partial charge in [-0.05, 0) is 44.0 Å². The van der Waals surface area contributed by atoms with Crippen molar-refractivity contribution in [3.8, 4) is 0 Å². The van der Waals surface area contributed by atoms with Crippen LogP contribution in [0.1, 0.15) is 36.6 Å². The average Bonchev–Trinajstić information content (AvgIpc) is 3.10. The normalized spacial score (nSPS) is 17.0. The second-order valence-corrected chi connectivity index (χ2v) is 7.18. The van der Waals surface area contributed by atoms with E-state index in [0.717, 1.165) is 38.2 Å². The van der Waals surface area contributed by atoms with E-state index >= 15 is 0 Å². The zero-order chi connectivity index (χ0) is 19.1. The molecule has 1 amide bonds. The number of methoxy groups -OCH3 is 1. The molecule has 146 valence electrons. The van der Waals surface area contributed by atoms with Crippen molar-refractivity contribution in [2.24, 2.45) is 13.0 Å². The molecule has 1 N–H and O–H groups in total. The summed E-state index contributed by atoms with van der Waals surface area (Å²) >= 11 is 0. The van der Waals surface area contributed by atoms with E-state index in [1.54, 1.807) is 13.3 Å². The monoisotopic (exact) mass is 371 g/mol. The molecule has 1 saturated heterocycles. The molecular formula is C20H29N5O2. The van der Waals surface area contributed by atoms with Crippen molar-refractivity contribution in [1.29, 1.82) is 0 Å². The largest absolute Gasteiger partial charge is 0.384 e. The Bertz CT molecular complexity index is 710. The van der Waals surface area contributed by atoms with Gasteiger partial charge in [0.05, 0.1) is 24.5 Å². The fourth-order valence-electron chi connectivity index (χ4n) is 3.69. The van der Waals surface area contributed by atoms with Gasteiger partial charge in [0.15, 0.2) is 0 Å². The van der Waals surface area contributed by atoms with Crippen LogP contribution in [0.25, 0.3) is 0 Å². The number of pyridine rings is 1. The van der Waals surface area contributed by atoms with E-state index < -0.39 is 0 Å². The summed E-state index contributed by atoms with van der Waals surface area (Å²) in [7, 11) is 3.56. The lowest BCUT2D eigenvalue weighted by atomic mass is 9.87. The van der Waals surface area contributed by atoms with Crippen LogP contribution in [0.5, 0.6) is 0 Å². The molecule has 0 aromatic carbocycles. The maximum absolute atomic E-state index is 12.3. The van der Waals surface area contributed by atoms with Gasteiger partial charge in [0, 0.05) is 45.1 Å². The molecule has 7 nitrogen and oxygen atoms in total. The SMILES string of the molecule is COCCC(=O)NC(c1ccccn1)C1CCN(Cc2cnn(C)c2)CC1. The lowest BCUT2D eigenvalue weighted by molar-refractivity contribution is -0.123. The number of carbonyl (C=O) groups is 1. The molecule has 7 heteroatoms. The van der Waals surface area contributed by atoms with Crippen LogP contribution in [0.3, 0.4) is 0 Å². The number of likely N-dealkylation sites (tertiary alicyclic amines) is 1. The van der Waals surface area contributed by atoms with Gasteiger partial charge in [0.25, 0.3) is 0 Å². The first-order valence-corrected chi connectivity index (χ1v) is 9.55. The van der Waals surface area contributed by atoms with Crippen LogP contribution in [0.15, 0.2) is 36.8 Å². The van der Waals surface area contributed by atoms with Crippen LogP contribution in [-0.2, 0) is 23.1 Å². The highest BCUT2D eigenvalue weighted by atomic mass is 16.5. The maximum Gasteiger partial charge on any atom is 0.222 e. The summed E-state index contributed by atoms with van der Waals surface area (Å²) in [4.78, 5) is 19.3. The molecule has 3 rings (SSSR count). The first-order chi connectivity index (χ1) is 13.2. The van der Waals surface area contributed by atoms with Crippen molar-refractivity contribution in [2.45, 2.75) is 31.8 Å². The van der Waals surface area contributed by atoms with Gasteiger partial charge < -0.3 is 10.1 Å².